The highest BCUT2D eigenvalue weighted by Crippen LogP contribution is 2.19. The van der Waals surface area contributed by atoms with Crippen molar-refractivity contribution in [1.29, 1.82) is 0 Å². The molecule has 0 saturated heterocycles. The molecule has 1 N–H and O–H groups in total. The quantitative estimate of drug-likeness (QED) is 0.786. The lowest BCUT2D eigenvalue weighted by Gasteiger charge is -2.17. The van der Waals surface area contributed by atoms with E-state index in [1.165, 1.54) is 11.6 Å². The summed E-state index contributed by atoms with van der Waals surface area (Å²) in [7, 11) is 0. The first kappa shape index (κ1) is 15.6. The third-order valence-corrected chi connectivity index (χ3v) is 3.68. The van der Waals surface area contributed by atoms with Crippen LogP contribution in [0.5, 0.6) is 0 Å². The van der Waals surface area contributed by atoms with Crippen molar-refractivity contribution in [2.45, 2.75) is 33.6 Å². The first-order valence-electron chi connectivity index (χ1n) is 6.67. The van der Waals surface area contributed by atoms with Gasteiger partial charge in [-0.3, -0.25) is 0 Å². The minimum Gasteiger partial charge on any atom is -0.316 e. The van der Waals surface area contributed by atoms with E-state index >= 15 is 0 Å². The number of benzene rings is 1. The minimum absolute atomic E-state index is 0.190. The molecule has 1 nitrogen and oxygen atoms in total. The summed E-state index contributed by atoms with van der Waals surface area (Å²) in [6.45, 7) is 8.73. The molecule has 0 aliphatic carbocycles. The first-order valence-corrected chi connectivity index (χ1v) is 7.46. The molecule has 1 atom stereocenters. The van der Waals surface area contributed by atoms with Gasteiger partial charge in [-0.15, -0.1) is 0 Å². The van der Waals surface area contributed by atoms with Crippen molar-refractivity contribution >= 4 is 15.9 Å². The van der Waals surface area contributed by atoms with Crippen LogP contribution in [-0.2, 0) is 6.42 Å². The van der Waals surface area contributed by atoms with E-state index in [9.17, 15) is 4.39 Å². The molecule has 0 bridgehead atoms. The molecule has 1 aromatic carbocycles. The van der Waals surface area contributed by atoms with Gasteiger partial charge in [-0.05, 0) is 65.0 Å². The second-order valence-electron chi connectivity index (χ2n) is 5.28. The summed E-state index contributed by atoms with van der Waals surface area (Å²) < 4.78 is 13.7. The third kappa shape index (κ3) is 5.49. The van der Waals surface area contributed by atoms with E-state index in [4.69, 9.17) is 0 Å². The minimum atomic E-state index is -0.190. The number of hydrogen-bond donors (Lipinski definition) is 1. The maximum absolute atomic E-state index is 13.2. The summed E-state index contributed by atoms with van der Waals surface area (Å²) in [5.74, 6) is 1.10. The van der Waals surface area contributed by atoms with E-state index < -0.39 is 0 Å². The Kier molecular flexibility index (Phi) is 6.87. The second-order valence-corrected chi connectivity index (χ2v) is 6.13. The Morgan fingerprint density at radius 3 is 2.56 bits per heavy atom. The third-order valence-electron chi connectivity index (χ3n) is 3.07. The van der Waals surface area contributed by atoms with Crippen LogP contribution in [0.4, 0.5) is 4.39 Å². The van der Waals surface area contributed by atoms with Gasteiger partial charge in [0.2, 0.25) is 0 Å². The van der Waals surface area contributed by atoms with Gasteiger partial charge in [0.1, 0.15) is 5.82 Å². The molecule has 18 heavy (non-hydrogen) atoms. The van der Waals surface area contributed by atoms with Crippen molar-refractivity contribution in [2.24, 2.45) is 11.8 Å². The molecule has 0 spiro atoms. The summed E-state index contributed by atoms with van der Waals surface area (Å²) >= 11 is 3.24. The van der Waals surface area contributed by atoms with Gasteiger partial charge in [-0.1, -0.05) is 33.3 Å². The molecule has 0 aromatic heterocycles. The fraction of sp³-hybridized carbons (Fsp3) is 0.600. The van der Waals surface area contributed by atoms with Gasteiger partial charge in [0, 0.05) is 0 Å². The van der Waals surface area contributed by atoms with E-state index in [1.807, 2.05) is 12.1 Å². The van der Waals surface area contributed by atoms with Crippen molar-refractivity contribution in [1.82, 2.24) is 5.32 Å². The highest BCUT2D eigenvalue weighted by atomic mass is 79.9. The Balaban J connectivity index is 2.49. The lowest BCUT2D eigenvalue weighted by atomic mass is 9.96. The lowest BCUT2D eigenvalue weighted by molar-refractivity contribution is 0.437. The summed E-state index contributed by atoms with van der Waals surface area (Å²) in [6, 6.07) is 5.30. The number of halogens is 2. The Bertz CT molecular complexity index is 366. The van der Waals surface area contributed by atoms with E-state index in [2.05, 4.69) is 42.0 Å². The van der Waals surface area contributed by atoms with Crippen LogP contribution >= 0.6 is 15.9 Å². The average molecular weight is 316 g/mol. The molecule has 1 aromatic rings. The molecular formula is C15H23BrFN. The summed E-state index contributed by atoms with van der Waals surface area (Å²) in [6.07, 6.45) is 2.14. The number of nitrogens with one attached hydrogen (secondary N) is 1. The summed E-state index contributed by atoms with van der Waals surface area (Å²) in [5, 5.41) is 3.50. The molecule has 1 rings (SSSR count). The Morgan fingerprint density at radius 1 is 1.28 bits per heavy atom. The average Bonchev–Trinajstić information content (AvgIpc) is 2.32. The van der Waals surface area contributed by atoms with E-state index in [0.29, 0.717) is 16.3 Å². The van der Waals surface area contributed by atoms with Gasteiger partial charge < -0.3 is 5.32 Å². The van der Waals surface area contributed by atoms with Crippen molar-refractivity contribution in [3.05, 3.63) is 34.1 Å². The molecule has 0 heterocycles. The highest BCUT2D eigenvalue weighted by Gasteiger charge is 2.09. The zero-order chi connectivity index (χ0) is 13.5. The number of hydrogen-bond acceptors (Lipinski definition) is 1. The summed E-state index contributed by atoms with van der Waals surface area (Å²) in [5.41, 5.74) is 1.20. The maximum Gasteiger partial charge on any atom is 0.137 e. The van der Waals surface area contributed by atoms with Crippen molar-refractivity contribution in [2.75, 3.05) is 13.1 Å². The fourth-order valence-corrected chi connectivity index (χ4v) is 2.36. The van der Waals surface area contributed by atoms with Crippen LogP contribution in [0.15, 0.2) is 22.7 Å². The van der Waals surface area contributed by atoms with Crippen LogP contribution in [0.1, 0.15) is 32.8 Å². The van der Waals surface area contributed by atoms with E-state index in [0.717, 1.165) is 25.9 Å². The van der Waals surface area contributed by atoms with Crippen LogP contribution in [0.2, 0.25) is 0 Å². The van der Waals surface area contributed by atoms with E-state index in [1.54, 1.807) is 0 Å². The Morgan fingerprint density at radius 2 is 2.00 bits per heavy atom. The molecule has 0 aliphatic rings. The normalized spacial score (nSPS) is 13.0. The van der Waals surface area contributed by atoms with Gasteiger partial charge >= 0.3 is 0 Å². The lowest BCUT2D eigenvalue weighted by Crippen LogP contribution is -2.27. The molecule has 0 saturated carbocycles. The molecule has 102 valence electrons. The number of rotatable bonds is 7. The Labute approximate surface area is 118 Å². The maximum atomic E-state index is 13.2. The SMILES string of the molecule is CCC(CNCC(C)C)Cc1ccc(F)c(Br)c1. The monoisotopic (exact) mass is 315 g/mol. The van der Waals surface area contributed by atoms with Gasteiger partial charge in [0.05, 0.1) is 4.47 Å². The predicted octanol–water partition coefficient (Wildman–Crippen LogP) is 4.40. The van der Waals surface area contributed by atoms with Crippen LogP contribution < -0.4 is 5.32 Å². The molecule has 0 radical (unpaired) electrons. The standard InChI is InChI=1S/C15H23BrFN/c1-4-12(10-18-9-11(2)3)7-13-5-6-15(17)14(16)8-13/h5-6,8,11-12,18H,4,7,9-10H2,1-3H3. The molecular weight excluding hydrogens is 293 g/mol. The van der Waals surface area contributed by atoms with Crippen molar-refractivity contribution in [3.63, 3.8) is 0 Å². The highest BCUT2D eigenvalue weighted by molar-refractivity contribution is 9.10. The van der Waals surface area contributed by atoms with Crippen molar-refractivity contribution in [3.8, 4) is 0 Å². The van der Waals surface area contributed by atoms with E-state index in [-0.39, 0.29) is 5.82 Å². The van der Waals surface area contributed by atoms with Gasteiger partial charge in [0.25, 0.3) is 0 Å². The van der Waals surface area contributed by atoms with Crippen LogP contribution in [0, 0.1) is 17.7 Å². The molecule has 3 heteroatoms. The fourth-order valence-electron chi connectivity index (χ4n) is 1.94. The second kappa shape index (κ2) is 7.90. The zero-order valence-electron chi connectivity index (χ0n) is 11.5. The van der Waals surface area contributed by atoms with Crippen molar-refractivity contribution < 1.29 is 4.39 Å². The predicted molar refractivity (Wildman–Crippen MR) is 79.3 cm³/mol. The molecule has 1 unspecified atom stereocenters. The summed E-state index contributed by atoms with van der Waals surface area (Å²) in [4.78, 5) is 0. The molecule has 0 aliphatic heterocycles. The van der Waals surface area contributed by atoms with Crippen LogP contribution in [-0.4, -0.2) is 13.1 Å². The molecule has 0 amide bonds. The largest absolute Gasteiger partial charge is 0.316 e. The molecule has 0 fully saturated rings. The van der Waals surface area contributed by atoms with Gasteiger partial charge in [-0.2, -0.15) is 0 Å². The Hall–Kier alpha value is -0.410. The first-order chi connectivity index (χ1) is 8.52. The van der Waals surface area contributed by atoms with Crippen LogP contribution in [0.25, 0.3) is 0 Å². The zero-order valence-corrected chi connectivity index (χ0v) is 13.1. The van der Waals surface area contributed by atoms with Gasteiger partial charge in [0.15, 0.2) is 0 Å². The van der Waals surface area contributed by atoms with Gasteiger partial charge in [-0.25, -0.2) is 4.39 Å². The van der Waals surface area contributed by atoms with Crippen LogP contribution in [0.3, 0.4) is 0 Å². The topological polar surface area (TPSA) is 12.0 Å². The smallest absolute Gasteiger partial charge is 0.137 e.